The number of thiazole rings is 1. The molecule has 0 saturated heterocycles. The summed E-state index contributed by atoms with van der Waals surface area (Å²) in [4.78, 5) is 30.3. The largest absolute Gasteiger partial charge is 0.493 e. The minimum Gasteiger partial charge on any atom is -0.493 e. The van der Waals surface area contributed by atoms with Gasteiger partial charge in [0.25, 0.3) is 5.91 Å². The van der Waals surface area contributed by atoms with Crippen LogP contribution in [0.4, 0.5) is 11.4 Å². The van der Waals surface area contributed by atoms with Crippen molar-refractivity contribution in [2.24, 2.45) is 0 Å². The van der Waals surface area contributed by atoms with Gasteiger partial charge in [0.05, 0.1) is 29.7 Å². The van der Waals surface area contributed by atoms with Crippen LogP contribution in [0.25, 0.3) is 10.2 Å². The van der Waals surface area contributed by atoms with Gasteiger partial charge in [-0.1, -0.05) is 34.6 Å². The number of amides is 2. The summed E-state index contributed by atoms with van der Waals surface area (Å²) in [6.07, 6.45) is 0.662. The minimum atomic E-state index is -0.279. The molecule has 0 radical (unpaired) electrons. The second-order valence-electron chi connectivity index (χ2n) is 7.70. The number of ether oxygens (including phenoxy) is 2. The SMILES string of the molecule is CCC(Sc1nc2ccc(NC(=O)c3ccc(OC)c(OC)c3)cc2s1)C(=O)Nc1ccc(Br)cc1. The molecule has 2 N–H and O–H groups in total. The summed E-state index contributed by atoms with van der Waals surface area (Å²) in [5.41, 5.74) is 2.68. The Labute approximate surface area is 225 Å². The number of anilines is 2. The molecule has 4 rings (SSSR count). The van der Waals surface area contributed by atoms with Gasteiger partial charge in [-0.25, -0.2) is 4.98 Å². The molecule has 4 aromatic rings. The van der Waals surface area contributed by atoms with E-state index in [9.17, 15) is 9.59 Å². The van der Waals surface area contributed by atoms with Crippen molar-refractivity contribution in [1.29, 1.82) is 0 Å². The van der Waals surface area contributed by atoms with Gasteiger partial charge in [0, 0.05) is 21.4 Å². The van der Waals surface area contributed by atoms with Crippen LogP contribution in [0, 0.1) is 0 Å². The van der Waals surface area contributed by atoms with E-state index in [4.69, 9.17) is 9.47 Å². The van der Waals surface area contributed by atoms with E-state index in [0.29, 0.717) is 29.2 Å². The number of nitrogens with one attached hydrogen (secondary N) is 2. The molecule has 0 aliphatic carbocycles. The molecular weight excluding hydrogens is 562 g/mol. The molecule has 0 saturated carbocycles. The smallest absolute Gasteiger partial charge is 0.255 e. The Morgan fingerprint density at radius 3 is 2.39 bits per heavy atom. The fourth-order valence-corrected chi connectivity index (χ4v) is 5.95. The lowest BCUT2D eigenvalue weighted by Gasteiger charge is -2.13. The van der Waals surface area contributed by atoms with Gasteiger partial charge in [-0.05, 0) is 67.1 Å². The van der Waals surface area contributed by atoms with E-state index in [1.54, 1.807) is 25.3 Å². The van der Waals surface area contributed by atoms with Crippen LogP contribution < -0.4 is 20.1 Å². The maximum atomic E-state index is 12.8. The van der Waals surface area contributed by atoms with Crippen molar-refractivity contribution >= 4 is 72.4 Å². The molecule has 10 heteroatoms. The topological polar surface area (TPSA) is 89.6 Å². The zero-order valence-corrected chi connectivity index (χ0v) is 23.1. The zero-order valence-electron chi connectivity index (χ0n) is 19.8. The average Bonchev–Trinajstić information content (AvgIpc) is 3.29. The molecule has 1 unspecified atom stereocenters. The van der Waals surface area contributed by atoms with Crippen LogP contribution in [0.2, 0.25) is 0 Å². The second kappa shape index (κ2) is 11.8. The Hall–Kier alpha value is -3.08. The fourth-order valence-electron chi connectivity index (χ4n) is 3.41. The standard InChI is InChI=1S/C26H24BrN3O4S2/c1-4-22(25(32)28-17-8-6-16(27)7-9-17)35-26-30-19-11-10-18(14-23(19)36-26)29-24(31)15-5-12-20(33-2)21(13-15)34-3/h5-14,22H,4H2,1-3H3,(H,28,32)(H,29,31). The van der Waals surface area contributed by atoms with Gasteiger partial charge in [0.15, 0.2) is 15.8 Å². The summed E-state index contributed by atoms with van der Waals surface area (Å²) in [7, 11) is 3.08. The van der Waals surface area contributed by atoms with Crippen molar-refractivity contribution in [3.8, 4) is 11.5 Å². The van der Waals surface area contributed by atoms with Crippen LogP contribution in [0.15, 0.2) is 69.5 Å². The molecular formula is C26H24BrN3O4S2. The molecule has 7 nitrogen and oxygen atoms in total. The molecule has 0 aliphatic heterocycles. The molecule has 3 aromatic carbocycles. The van der Waals surface area contributed by atoms with Gasteiger partial charge in [-0.3, -0.25) is 9.59 Å². The van der Waals surface area contributed by atoms with Gasteiger partial charge in [-0.15, -0.1) is 11.3 Å². The molecule has 2 amide bonds. The lowest BCUT2D eigenvalue weighted by molar-refractivity contribution is -0.115. The Morgan fingerprint density at radius 2 is 1.69 bits per heavy atom. The summed E-state index contributed by atoms with van der Waals surface area (Å²) >= 11 is 6.33. The van der Waals surface area contributed by atoms with Crippen LogP contribution in [0.3, 0.4) is 0 Å². The third-order valence-corrected chi connectivity index (χ3v) is 8.30. The number of fused-ring (bicyclic) bond motifs is 1. The average molecular weight is 587 g/mol. The second-order valence-corrected chi connectivity index (χ2v) is 11.1. The van der Waals surface area contributed by atoms with E-state index in [-0.39, 0.29) is 17.1 Å². The first-order valence-corrected chi connectivity index (χ1v) is 13.6. The predicted molar refractivity (Wildman–Crippen MR) is 150 cm³/mol. The molecule has 0 spiro atoms. The molecule has 186 valence electrons. The molecule has 1 aromatic heterocycles. The van der Waals surface area contributed by atoms with Crippen molar-refractivity contribution < 1.29 is 19.1 Å². The summed E-state index contributed by atoms with van der Waals surface area (Å²) in [5.74, 6) is 0.720. The maximum Gasteiger partial charge on any atom is 0.255 e. The number of benzene rings is 3. The molecule has 0 aliphatic rings. The number of halogens is 1. The van der Waals surface area contributed by atoms with Crippen LogP contribution in [0.1, 0.15) is 23.7 Å². The van der Waals surface area contributed by atoms with E-state index in [0.717, 1.165) is 24.7 Å². The normalized spacial score (nSPS) is 11.7. The lowest BCUT2D eigenvalue weighted by Crippen LogP contribution is -2.24. The number of thioether (sulfide) groups is 1. The Balaban J connectivity index is 1.45. The number of hydrogen-bond donors (Lipinski definition) is 2. The van der Waals surface area contributed by atoms with E-state index in [1.807, 2.05) is 49.4 Å². The number of rotatable bonds is 9. The third-order valence-electron chi connectivity index (χ3n) is 5.29. The van der Waals surface area contributed by atoms with Gasteiger partial charge < -0.3 is 20.1 Å². The number of nitrogens with zero attached hydrogens (tertiary/aromatic N) is 1. The van der Waals surface area contributed by atoms with E-state index in [1.165, 1.54) is 30.2 Å². The molecule has 36 heavy (non-hydrogen) atoms. The van der Waals surface area contributed by atoms with Crippen molar-refractivity contribution in [2.45, 2.75) is 22.9 Å². The van der Waals surface area contributed by atoms with E-state index >= 15 is 0 Å². The highest BCUT2D eigenvalue weighted by molar-refractivity contribution is 9.10. The minimum absolute atomic E-state index is 0.0630. The van der Waals surface area contributed by atoms with Crippen LogP contribution >= 0.6 is 39.0 Å². The van der Waals surface area contributed by atoms with Gasteiger partial charge >= 0.3 is 0 Å². The van der Waals surface area contributed by atoms with E-state index < -0.39 is 0 Å². The lowest BCUT2D eigenvalue weighted by atomic mass is 10.2. The quantitative estimate of drug-likeness (QED) is 0.209. The van der Waals surface area contributed by atoms with Gasteiger partial charge in [0.2, 0.25) is 5.91 Å². The van der Waals surface area contributed by atoms with Gasteiger partial charge in [0.1, 0.15) is 0 Å². The first-order valence-electron chi connectivity index (χ1n) is 11.1. The monoisotopic (exact) mass is 585 g/mol. The summed E-state index contributed by atoms with van der Waals surface area (Å²) in [6, 6.07) is 18.1. The third kappa shape index (κ3) is 6.18. The Bertz CT molecular complexity index is 1390. The van der Waals surface area contributed by atoms with Crippen molar-refractivity contribution in [3.63, 3.8) is 0 Å². The zero-order chi connectivity index (χ0) is 25.7. The van der Waals surface area contributed by atoms with Crippen molar-refractivity contribution in [3.05, 3.63) is 70.7 Å². The fraction of sp³-hybridized carbons (Fsp3) is 0.192. The highest BCUT2D eigenvalue weighted by Crippen LogP contribution is 2.35. The Morgan fingerprint density at radius 1 is 0.972 bits per heavy atom. The van der Waals surface area contributed by atoms with Crippen LogP contribution in [-0.2, 0) is 4.79 Å². The van der Waals surface area contributed by atoms with Crippen LogP contribution in [0.5, 0.6) is 11.5 Å². The summed E-state index contributed by atoms with van der Waals surface area (Å²) in [6.45, 7) is 1.98. The first-order chi connectivity index (χ1) is 17.4. The summed E-state index contributed by atoms with van der Waals surface area (Å²) < 4.78 is 13.2. The van der Waals surface area contributed by atoms with Gasteiger partial charge in [-0.2, -0.15) is 0 Å². The first kappa shape index (κ1) is 26.0. The molecule has 0 bridgehead atoms. The predicted octanol–water partition coefficient (Wildman–Crippen LogP) is 6.84. The summed E-state index contributed by atoms with van der Waals surface area (Å²) in [5, 5.41) is 5.61. The molecule has 1 atom stereocenters. The number of hydrogen-bond acceptors (Lipinski definition) is 7. The number of carbonyl (C=O) groups excluding carboxylic acids is 2. The number of carbonyl (C=O) groups is 2. The number of methoxy groups -OCH3 is 2. The molecule has 0 fully saturated rings. The van der Waals surface area contributed by atoms with Crippen LogP contribution in [-0.4, -0.2) is 36.3 Å². The Kier molecular flexibility index (Phi) is 8.50. The van der Waals surface area contributed by atoms with E-state index in [2.05, 4.69) is 31.5 Å². The number of aromatic nitrogens is 1. The highest BCUT2D eigenvalue weighted by Gasteiger charge is 2.20. The highest BCUT2D eigenvalue weighted by atomic mass is 79.9. The molecule has 1 heterocycles. The maximum absolute atomic E-state index is 12.8. The van der Waals surface area contributed by atoms with Crippen molar-refractivity contribution in [2.75, 3.05) is 24.9 Å². The van der Waals surface area contributed by atoms with Crippen molar-refractivity contribution in [1.82, 2.24) is 4.98 Å².